The van der Waals surface area contributed by atoms with Crippen molar-refractivity contribution in [2.75, 3.05) is 13.2 Å². The molecule has 2 rings (SSSR count). The molecule has 6 heteroatoms. The van der Waals surface area contributed by atoms with Crippen LogP contribution in [-0.2, 0) is 20.0 Å². The number of aromatic hydroxyl groups is 1. The minimum Gasteiger partial charge on any atom is -0.504 e. The summed E-state index contributed by atoms with van der Waals surface area (Å²) in [6.07, 6.45) is 2.44. The number of nitrogens with one attached hydrogen (secondary N) is 1. The Bertz CT molecular complexity index is 554. The molecule has 0 amide bonds. The number of nitrogens with zero attached hydrogens (tertiary/aromatic N) is 3. The molecule has 0 unspecified atom stereocenters. The number of phenolic OH excluding ortho intramolecular Hbond substituents is 1. The van der Waals surface area contributed by atoms with Gasteiger partial charge in [0.15, 0.2) is 17.3 Å². The van der Waals surface area contributed by atoms with Crippen LogP contribution in [-0.4, -0.2) is 33.0 Å². The van der Waals surface area contributed by atoms with Gasteiger partial charge in [0.1, 0.15) is 6.33 Å². The average Bonchev–Trinajstić information content (AvgIpc) is 2.84. The van der Waals surface area contributed by atoms with Crippen molar-refractivity contribution in [3.8, 4) is 11.5 Å². The average molecular weight is 276 g/mol. The SMILES string of the molecule is CCOc1cccc(CNCCc2ncn(C)n2)c1O. The summed E-state index contributed by atoms with van der Waals surface area (Å²) in [5, 5.41) is 17.5. The van der Waals surface area contributed by atoms with Crippen LogP contribution in [0.4, 0.5) is 0 Å². The molecule has 0 bridgehead atoms. The molecule has 1 heterocycles. The van der Waals surface area contributed by atoms with Gasteiger partial charge in [0.05, 0.1) is 6.61 Å². The first kappa shape index (κ1) is 14.3. The fraction of sp³-hybridized carbons (Fsp3) is 0.429. The normalized spacial score (nSPS) is 10.7. The Morgan fingerprint density at radius 1 is 1.40 bits per heavy atom. The van der Waals surface area contributed by atoms with Crippen molar-refractivity contribution >= 4 is 0 Å². The van der Waals surface area contributed by atoms with E-state index in [1.54, 1.807) is 17.1 Å². The number of phenols is 1. The second kappa shape index (κ2) is 6.91. The molecule has 0 spiro atoms. The van der Waals surface area contributed by atoms with E-state index in [2.05, 4.69) is 15.4 Å². The van der Waals surface area contributed by atoms with Gasteiger partial charge in [0.25, 0.3) is 0 Å². The summed E-state index contributed by atoms with van der Waals surface area (Å²) in [6.45, 7) is 3.77. The lowest BCUT2D eigenvalue weighted by atomic mass is 10.2. The topological polar surface area (TPSA) is 72.2 Å². The fourth-order valence-electron chi connectivity index (χ4n) is 1.90. The Labute approximate surface area is 118 Å². The van der Waals surface area contributed by atoms with Crippen molar-refractivity contribution in [3.05, 3.63) is 35.9 Å². The Hall–Kier alpha value is -2.08. The van der Waals surface area contributed by atoms with Gasteiger partial charge in [-0.1, -0.05) is 12.1 Å². The van der Waals surface area contributed by atoms with Crippen molar-refractivity contribution in [1.82, 2.24) is 20.1 Å². The Morgan fingerprint density at radius 3 is 2.95 bits per heavy atom. The molecule has 2 aromatic rings. The van der Waals surface area contributed by atoms with Gasteiger partial charge in [-0.2, -0.15) is 5.10 Å². The highest BCUT2D eigenvalue weighted by molar-refractivity contribution is 5.45. The van der Waals surface area contributed by atoms with Crippen LogP contribution in [0.2, 0.25) is 0 Å². The van der Waals surface area contributed by atoms with Crippen molar-refractivity contribution in [2.45, 2.75) is 19.9 Å². The number of ether oxygens (including phenoxy) is 1. The van der Waals surface area contributed by atoms with Crippen molar-refractivity contribution in [3.63, 3.8) is 0 Å². The number of hydrogen-bond acceptors (Lipinski definition) is 5. The van der Waals surface area contributed by atoms with Gasteiger partial charge < -0.3 is 15.2 Å². The second-order valence-corrected chi connectivity index (χ2v) is 4.46. The third-order valence-corrected chi connectivity index (χ3v) is 2.87. The second-order valence-electron chi connectivity index (χ2n) is 4.46. The van der Waals surface area contributed by atoms with Crippen LogP contribution < -0.4 is 10.1 Å². The van der Waals surface area contributed by atoms with Crippen molar-refractivity contribution in [2.24, 2.45) is 7.05 Å². The summed E-state index contributed by atoms with van der Waals surface area (Å²) in [7, 11) is 1.85. The van der Waals surface area contributed by atoms with E-state index in [0.29, 0.717) is 18.9 Å². The van der Waals surface area contributed by atoms with E-state index in [4.69, 9.17) is 4.74 Å². The van der Waals surface area contributed by atoms with E-state index in [-0.39, 0.29) is 5.75 Å². The Kier molecular flexibility index (Phi) is 4.95. The lowest BCUT2D eigenvalue weighted by Crippen LogP contribution is -2.17. The van der Waals surface area contributed by atoms with Crippen LogP contribution in [0, 0.1) is 0 Å². The molecule has 0 aliphatic heterocycles. The smallest absolute Gasteiger partial charge is 0.162 e. The van der Waals surface area contributed by atoms with Crippen LogP contribution in [0.3, 0.4) is 0 Å². The van der Waals surface area contributed by atoms with Gasteiger partial charge in [-0.05, 0) is 13.0 Å². The maximum Gasteiger partial charge on any atom is 0.162 e. The maximum atomic E-state index is 10.0. The Balaban J connectivity index is 1.83. The highest BCUT2D eigenvalue weighted by atomic mass is 16.5. The molecule has 2 N–H and O–H groups in total. The molecule has 0 saturated heterocycles. The van der Waals surface area contributed by atoms with E-state index in [0.717, 1.165) is 24.4 Å². The molecule has 0 fully saturated rings. The zero-order valence-electron chi connectivity index (χ0n) is 11.8. The van der Waals surface area contributed by atoms with Crippen molar-refractivity contribution < 1.29 is 9.84 Å². The molecular weight excluding hydrogens is 256 g/mol. The van der Waals surface area contributed by atoms with E-state index in [1.165, 1.54) is 0 Å². The molecule has 1 aromatic carbocycles. The molecule has 0 atom stereocenters. The van der Waals surface area contributed by atoms with Crippen LogP contribution in [0.1, 0.15) is 18.3 Å². The number of aryl methyl sites for hydroxylation is 1. The van der Waals surface area contributed by atoms with E-state index < -0.39 is 0 Å². The summed E-state index contributed by atoms with van der Waals surface area (Å²) < 4.78 is 7.04. The first-order valence-electron chi connectivity index (χ1n) is 6.69. The third-order valence-electron chi connectivity index (χ3n) is 2.87. The lowest BCUT2D eigenvalue weighted by Gasteiger charge is -2.10. The number of hydrogen-bond donors (Lipinski definition) is 2. The zero-order chi connectivity index (χ0) is 14.4. The third kappa shape index (κ3) is 3.71. The minimum atomic E-state index is 0.206. The monoisotopic (exact) mass is 276 g/mol. The molecule has 6 nitrogen and oxygen atoms in total. The first-order valence-corrected chi connectivity index (χ1v) is 6.69. The van der Waals surface area contributed by atoms with Crippen LogP contribution >= 0.6 is 0 Å². The number of benzene rings is 1. The standard InChI is InChI=1S/C14H20N4O2/c1-3-20-12-6-4-5-11(14(12)19)9-15-8-7-13-16-10-18(2)17-13/h4-6,10,15,19H,3,7-9H2,1-2H3. The van der Waals surface area contributed by atoms with Crippen molar-refractivity contribution in [1.29, 1.82) is 0 Å². The molecule has 1 aromatic heterocycles. The molecule has 0 saturated carbocycles. The van der Waals surface area contributed by atoms with E-state index in [9.17, 15) is 5.11 Å². The summed E-state index contributed by atoms with van der Waals surface area (Å²) >= 11 is 0. The first-order chi connectivity index (χ1) is 9.70. The van der Waals surface area contributed by atoms with E-state index in [1.807, 2.05) is 26.1 Å². The predicted octanol–water partition coefficient (Wildman–Crippen LogP) is 1.25. The van der Waals surface area contributed by atoms with E-state index >= 15 is 0 Å². The fourth-order valence-corrected chi connectivity index (χ4v) is 1.90. The Morgan fingerprint density at radius 2 is 2.25 bits per heavy atom. The summed E-state index contributed by atoms with van der Waals surface area (Å²) in [5.41, 5.74) is 0.824. The minimum absolute atomic E-state index is 0.206. The van der Waals surface area contributed by atoms with Gasteiger partial charge in [-0.3, -0.25) is 4.68 Å². The molecular formula is C14H20N4O2. The largest absolute Gasteiger partial charge is 0.504 e. The quantitative estimate of drug-likeness (QED) is 0.745. The van der Waals surface area contributed by atoms with Gasteiger partial charge in [0.2, 0.25) is 0 Å². The van der Waals surface area contributed by atoms with Gasteiger partial charge in [-0.25, -0.2) is 4.98 Å². The molecule has 0 aliphatic carbocycles. The zero-order valence-corrected chi connectivity index (χ0v) is 11.8. The molecule has 0 aliphatic rings. The number of aromatic nitrogens is 3. The highest BCUT2D eigenvalue weighted by Crippen LogP contribution is 2.29. The maximum absolute atomic E-state index is 10.0. The number of para-hydroxylation sites is 1. The number of rotatable bonds is 7. The van der Waals surface area contributed by atoms with Crippen LogP contribution in [0.15, 0.2) is 24.5 Å². The van der Waals surface area contributed by atoms with Crippen LogP contribution in [0.25, 0.3) is 0 Å². The molecule has 20 heavy (non-hydrogen) atoms. The molecule has 0 radical (unpaired) electrons. The van der Waals surface area contributed by atoms with Crippen LogP contribution in [0.5, 0.6) is 11.5 Å². The van der Waals surface area contributed by atoms with Gasteiger partial charge in [0, 0.05) is 32.1 Å². The summed E-state index contributed by atoms with van der Waals surface area (Å²) in [6, 6.07) is 5.52. The lowest BCUT2D eigenvalue weighted by molar-refractivity contribution is 0.316. The summed E-state index contributed by atoms with van der Waals surface area (Å²) in [5.74, 6) is 1.54. The summed E-state index contributed by atoms with van der Waals surface area (Å²) in [4.78, 5) is 4.16. The predicted molar refractivity (Wildman–Crippen MR) is 75.7 cm³/mol. The highest BCUT2D eigenvalue weighted by Gasteiger charge is 2.07. The van der Waals surface area contributed by atoms with Gasteiger partial charge in [-0.15, -0.1) is 0 Å². The van der Waals surface area contributed by atoms with Gasteiger partial charge >= 0.3 is 0 Å². The molecule has 108 valence electrons.